The predicted octanol–water partition coefficient (Wildman–Crippen LogP) is 3.90. The summed E-state index contributed by atoms with van der Waals surface area (Å²) in [6.45, 7) is -0.243. The van der Waals surface area contributed by atoms with Gasteiger partial charge in [0.05, 0.1) is 15.6 Å². The van der Waals surface area contributed by atoms with Crippen LogP contribution in [0.15, 0.2) is 78.0 Å². The van der Waals surface area contributed by atoms with Crippen molar-refractivity contribution in [3.63, 3.8) is 0 Å². The van der Waals surface area contributed by atoms with Crippen molar-refractivity contribution in [2.45, 2.75) is 11.4 Å². The Morgan fingerprint density at radius 3 is 2.48 bits per heavy atom. The van der Waals surface area contributed by atoms with Crippen LogP contribution >= 0.6 is 23.2 Å². The Balaban J connectivity index is 1.91. The Hall–Kier alpha value is -2.61. The standard InChI is InChI=1S/C20H17Cl2N3O3S/c21-16-8-9-18(22)19(11-16)25(29(27,28)17-6-2-1-3-7-17)14-20(26)24-13-15-5-4-10-23-12-15/h1-12H,13-14H2,(H,24,26). The smallest absolute Gasteiger partial charge is 0.264 e. The molecular formula is C20H17Cl2N3O3S. The lowest BCUT2D eigenvalue weighted by Crippen LogP contribution is -2.40. The highest BCUT2D eigenvalue weighted by atomic mass is 35.5. The van der Waals surface area contributed by atoms with E-state index < -0.39 is 22.5 Å². The fourth-order valence-electron chi connectivity index (χ4n) is 2.59. The van der Waals surface area contributed by atoms with E-state index in [0.29, 0.717) is 5.02 Å². The van der Waals surface area contributed by atoms with Crippen molar-refractivity contribution < 1.29 is 13.2 Å². The number of halogens is 2. The van der Waals surface area contributed by atoms with E-state index in [0.717, 1.165) is 9.87 Å². The van der Waals surface area contributed by atoms with E-state index >= 15 is 0 Å². The van der Waals surface area contributed by atoms with Gasteiger partial charge in [0.1, 0.15) is 6.54 Å². The molecule has 0 aliphatic rings. The largest absolute Gasteiger partial charge is 0.350 e. The molecule has 1 N–H and O–H groups in total. The Morgan fingerprint density at radius 2 is 1.79 bits per heavy atom. The van der Waals surface area contributed by atoms with E-state index in [9.17, 15) is 13.2 Å². The van der Waals surface area contributed by atoms with Crippen molar-refractivity contribution >= 4 is 44.8 Å². The number of pyridine rings is 1. The van der Waals surface area contributed by atoms with Crippen LogP contribution in [-0.4, -0.2) is 25.9 Å². The molecule has 0 saturated carbocycles. The van der Waals surface area contributed by atoms with E-state index in [-0.39, 0.29) is 22.2 Å². The zero-order valence-corrected chi connectivity index (χ0v) is 17.5. The summed E-state index contributed by atoms with van der Waals surface area (Å²) in [5.41, 5.74) is 0.915. The molecule has 9 heteroatoms. The molecule has 1 heterocycles. The molecular weight excluding hydrogens is 433 g/mol. The van der Waals surface area contributed by atoms with Gasteiger partial charge in [-0.3, -0.25) is 14.1 Å². The van der Waals surface area contributed by atoms with Gasteiger partial charge >= 0.3 is 0 Å². The normalized spacial score (nSPS) is 11.1. The minimum Gasteiger partial charge on any atom is -0.350 e. The van der Waals surface area contributed by atoms with Gasteiger partial charge in [-0.25, -0.2) is 8.42 Å². The average Bonchev–Trinajstić information content (AvgIpc) is 2.73. The SMILES string of the molecule is O=C(CN(c1cc(Cl)ccc1Cl)S(=O)(=O)c1ccccc1)NCc1cccnc1. The number of carbonyl (C=O) groups is 1. The van der Waals surface area contributed by atoms with Crippen LogP contribution in [-0.2, 0) is 21.4 Å². The minimum absolute atomic E-state index is 0.0381. The quantitative estimate of drug-likeness (QED) is 0.592. The summed E-state index contributed by atoms with van der Waals surface area (Å²) in [4.78, 5) is 16.6. The second kappa shape index (κ2) is 9.26. The summed E-state index contributed by atoms with van der Waals surface area (Å²) < 4.78 is 27.4. The third kappa shape index (κ3) is 5.26. The van der Waals surface area contributed by atoms with Crippen molar-refractivity contribution in [1.82, 2.24) is 10.3 Å². The molecule has 0 fully saturated rings. The molecule has 150 valence electrons. The van der Waals surface area contributed by atoms with E-state index in [1.807, 2.05) is 0 Å². The molecule has 0 unspecified atom stereocenters. The van der Waals surface area contributed by atoms with Gasteiger partial charge in [0.25, 0.3) is 10.0 Å². The van der Waals surface area contributed by atoms with Crippen LogP contribution in [0.1, 0.15) is 5.56 Å². The van der Waals surface area contributed by atoms with Crippen LogP contribution in [0, 0.1) is 0 Å². The van der Waals surface area contributed by atoms with Gasteiger partial charge in [-0.1, -0.05) is 47.5 Å². The van der Waals surface area contributed by atoms with Gasteiger partial charge in [-0.2, -0.15) is 0 Å². The molecule has 3 aromatic rings. The Morgan fingerprint density at radius 1 is 1.03 bits per heavy atom. The second-order valence-corrected chi connectivity index (χ2v) is 8.76. The third-order valence-corrected chi connectivity index (χ3v) is 6.34. The van der Waals surface area contributed by atoms with Crippen molar-refractivity contribution in [2.75, 3.05) is 10.8 Å². The number of hydrogen-bond acceptors (Lipinski definition) is 4. The minimum atomic E-state index is -4.05. The van der Waals surface area contributed by atoms with Crippen molar-refractivity contribution in [3.8, 4) is 0 Å². The van der Waals surface area contributed by atoms with Crippen molar-refractivity contribution in [3.05, 3.63) is 88.7 Å². The third-order valence-electron chi connectivity index (χ3n) is 4.01. The second-order valence-electron chi connectivity index (χ2n) is 6.06. The topological polar surface area (TPSA) is 79.4 Å². The van der Waals surface area contributed by atoms with Crippen LogP contribution in [0.5, 0.6) is 0 Å². The summed E-state index contributed by atoms with van der Waals surface area (Å²) in [5.74, 6) is -0.496. The van der Waals surface area contributed by atoms with Crippen LogP contribution in [0.3, 0.4) is 0 Å². The lowest BCUT2D eigenvalue weighted by Gasteiger charge is -2.25. The summed E-state index contributed by atoms with van der Waals surface area (Å²) in [7, 11) is -4.05. The number of nitrogens with one attached hydrogen (secondary N) is 1. The first-order chi connectivity index (χ1) is 13.9. The van der Waals surface area contributed by atoms with Gasteiger partial charge in [-0.05, 0) is 42.0 Å². The van der Waals surface area contributed by atoms with Gasteiger partial charge < -0.3 is 5.32 Å². The first-order valence-electron chi connectivity index (χ1n) is 8.56. The zero-order valence-electron chi connectivity index (χ0n) is 15.1. The molecule has 0 radical (unpaired) electrons. The molecule has 29 heavy (non-hydrogen) atoms. The number of sulfonamides is 1. The monoisotopic (exact) mass is 449 g/mol. The number of benzene rings is 2. The first-order valence-corrected chi connectivity index (χ1v) is 10.8. The van der Waals surface area contributed by atoms with Gasteiger partial charge in [0, 0.05) is 24.0 Å². The van der Waals surface area contributed by atoms with E-state index in [1.165, 1.54) is 24.3 Å². The maximum absolute atomic E-state index is 13.2. The summed E-state index contributed by atoms with van der Waals surface area (Å²) in [6.07, 6.45) is 3.24. The molecule has 2 aromatic carbocycles. The lowest BCUT2D eigenvalue weighted by molar-refractivity contribution is -0.119. The Bertz CT molecular complexity index is 1090. The highest BCUT2D eigenvalue weighted by Crippen LogP contribution is 2.32. The predicted molar refractivity (Wildman–Crippen MR) is 114 cm³/mol. The van der Waals surface area contributed by atoms with Gasteiger partial charge in [0.15, 0.2) is 0 Å². The molecule has 6 nitrogen and oxygen atoms in total. The molecule has 0 aliphatic heterocycles. The number of rotatable bonds is 7. The summed E-state index contributed by atoms with van der Waals surface area (Å²) in [5, 5.41) is 3.16. The zero-order chi connectivity index (χ0) is 20.9. The van der Waals surface area contributed by atoms with E-state index in [4.69, 9.17) is 23.2 Å². The van der Waals surface area contributed by atoms with Crippen LogP contribution < -0.4 is 9.62 Å². The Labute approximate surface area is 179 Å². The number of hydrogen-bond donors (Lipinski definition) is 1. The van der Waals surface area contributed by atoms with Gasteiger partial charge in [0.2, 0.25) is 5.91 Å². The molecule has 0 bridgehead atoms. The highest BCUT2D eigenvalue weighted by Gasteiger charge is 2.28. The number of aromatic nitrogens is 1. The van der Waals surface area contributed by atoms with Crippen molar-refractivity contribution in [1.29, 1.82) is 0 Å². The van der Waals surface area contributed by atoms with E-state index in [1.54, 1.807) is 48.8 Å². The molecule has 0 spiro atoms. The number of nitrogens with zero attached hydrogens (tertiary/aromatic N) is 2. The molecule has 0 atom stereocenters. The number of anilines is 1. The fourth-order valence-corrected chi connectivity index (χ4v) is 4.47. The van der Waals surface area contributed by atoms with Crippen LogP contribution in [0.2, 0.25) is 10.0 Å². The number of amides is 1. The van der Waals surface area contributed by atoms with Crippen LogP contribution in [0.4, 0.5) is 5.69 Å². The average molecular weight is 450 g/mol. The molecule has 1 aromatic heterocycles. The maximum atomic E-state index is 13.2. The summed E-state index contributed by atoms with van der Waals surface area (Å²) in [6, 6.07) is 15.8. The lowest BCUT2D eigenvalue weighted by atomic mass is 10.3. The maximum Gasteiger partial charge on any atom is 0.264 e. The molecule has 1 amide bonds. The molecule has 0 aliphatic carbocycles. The van der Waals surface area contributed by atoms with E-state index in [2.05, 4.69) is 10.3 Å². The van der Waals surface area contributed by atoms with Gasteiger partial charge in [-0.15, -0.1) is 0 Å². The number of carbonyl (C=O) groups excluding carboxylic acids is 1. The van der Waals surface area contributed by atoms with Crippen LogP contribution in [0.25, 0.3) is 0 Å². The highest BCUT2D eigenvalue weighted by molar-refractivity contribution is 7.92. The summed E-state index contributed by atoms with van der Waals surface area (Å²) >= 11 is 12.3. The Kier molecular flexibility index (Phi) is 6.74. The first kappa shape index (κ1) is 21.1. The van der Waals surface area contributed by atoms with Crippen molar-refractivity contribution in [2.24, 2.45) is 0 Å². The molecule has 3 rings (SSSR count). The fraction of sp³-hybridized carbons (Fsp3) is 0.100. The molecule has 0 saturated heterocycles.